The molecule has 3 aromatic rings. The maximum absolute atomic E-state index is 12.8. The molecule has 9 heteroatoms. The van der Waals surface area contributed by atoms with Crippen molar-refractivity contribution >= 4 is 38.5 Å². The van der Waals surface area contributed by atoms with Crippen molar-refractivity contribution in [3.05, 3.63) is 75.6 Å². The summed E-state index contributed by atoms with van der Waals surface area (Å²) in [6.07, 6.45) is 0. The van der Waals surface area contributed by atoms with Crippen molar-refractivity contribution in [1.29, 1.82) is 0 Å². The fourth-order valence-corrected chi connectivity index (χ4v) is 5.22. The lowest BCUT2D eigenvalue weighted by atomic mass is 10.1. The Balaban J connectivity index is 1.53. The predicted octanol–water partition coefficient (Wildman–Crippen LogP) is 2.59. The van der Waals surface area contributed by atoms with Crippen molar-refractivity contribution in [2.45, 2.75) is 4.90 Å². The normalized spacial score (nSPS) is 15.6. The zero-order valence-electron chi connectivity index (χ0n) is 15.2. The number of sulfonamides is 1. The first-order valence-corrected chi connectivity index (χ1v) is 10.8. The van der Waals surface area contributed by atoms with E-state index in [-0.39, 0.29) is 41.7 Å². The number of hydrogen-bond acceptors (Lipinski definition) is 5. The molecule has 29 heavy (non-hydrogen) atoms. The maximum Gasteiger partial charge on any atom is 0.349 e. The van der Waals surface area contributed by atoms with E-state index < -0.39 is 21.6 Å². The van der Waals surface area contributed by atoms with Gasteiger partial charge >= 0.3 is 5.63 Å². The van der Waals surface area contributed by atoms with Crippen molar-refractivity contribution in [2.75, 3.05) is 26.2 Å². The van der Waals surface area contributed by atoms with E-state index >= 15 is 0 Å². The average molecular weight is 433 g/mol. The first-order valence-electron chi connectivity index (χ1n) is 8.95. The van der Waals surface area contributed by atoms with Gasteiger partial charge in [0.15, 0.2) is 0 Å². The molecule has 0 bridgehead atoms. The molecule has 0 aliphatic carbocycles. The molecule has 0 spiro atoms. The van der Waals surface area contributed by atoms with Gasteiger partial charge in [-0.3, -0.25) is 4.79 Å². The Kier molecular flexibility index (Phi) is 5.16. The summed E-state index contributed by atoms with van der Waals surface area (Å²) < 4.78 is 32.2. The first-order chi connectivity index (χ1) is 13.9. The van der Waals surface area contributed by atoms with Crippen molar-refractivity contribution in [1.82, 2.24) is 9.21 Å². The average Bonchev–Trinajstić information content (AvgIpc) is 2.73. The Morgan fingerprint density at radius 3 is 2.34 bits per heavy atom. The highest BCUT2D eigenvalue weighted by Gasteiger charge is 2.32. The van der Waals surface area contributed by atoms with E-state index in [4.69, 9.17) is 16.0 Å². The molecular weight excluding hydrogens is 416 g/mol. The lowest BCUT2D eigenvalue weighted by Gasteiger charge is -2.34. The second-order valence-corrected chi connectivity index (χ2v) is 8.93. The Bertz CT molecular complexity index is 1250. The van der Waals surface area contributed by atoms with Crippen LogP contribution in [0.4, 0.5) is 0 Å². The van der Waals surface area contributed by atoms with Crippen molar-refractivity contribution in [2.24, 2.45) is 0 Å². The first kappa shape index (κ1) is 19.6. The monoisotopic (exact) mass is 432 g/mol. The summed E-state index contributed by atoms with van der Waals surface area (Å²) in [5.74, 6) is -0.473. The standard InChI is InChI=1S/C20H17ClN2O5S/c21-16-6-2-4-8-18(16)29(26,27)23-11-9-22(10-12-23)19(24)15-13-14-5-1-3-7-17(14)28-20(15)25/h1-8,13H,9-12H2. The van der Waals surface area contributed by atoms with E-state index in [0.29, 0.717) is 11.0 Å². The van der Waals surface area contributed by atoms with Crippen molar-refractivity contribution in [3.8, 4) is 0 Å². The van der Waals surface area contributed by atoms with E-state index in [1.807, 2.05) is 0 Å². The molecule has 1 amide bonds. The summed E-state index contributed by atoms with van der Waals surface area (Å²) in [4.78, 5) is 26.5. The second-order valence-electron chi connectivity index (χ2n) is 6.61. The minimum absolute atomic E-state index is 0.0385. The molecule has 0 radical (unpaired) electrons. The molecule has 2 aromatic carbocycles. The Labute approximate surface area is 172 Å². The quantitative estimate of drug-likeness (QED) is 0.593. The van der Waals surface area contributed by atoms with Gasteiger partial charge < -0.3 is 9.32 Å². The van der Waals surface area contributed by atoms with Crippen LogP contribution in [0.25, 0.3) is 11.0 Å². The SMILES string of the molecule is O=C(c1cc2ccccc2oc1=O)N1CCN(S(=O)(=O)c2ccccc2Cl)CC1. The van der Waals surface area contributed by atoms with E-state index in [2.05, 4.69) is 0 Å². The summed E-state index contributed by atoms with van der Waals surface area (Å²) in [6, 6.07) is 14.7. The fraction of sp³-hybridized carbons (Fsp3) is 0.200. The molecule has 7 nitrogen and oxygen atoms in total. The van der Waals surface area contributed by atoms with Gasteiger partial charge in [0.1, 0.15) is 16.0 Å². The van der Waals surface area contributed by atoms with E-state index in [9.17, 15) is 18.0 Å². The van der Waals surface area contributed by atoms with Crippen LogP contribution >= 0.6 is 11.6 Å². The highest BCUT2D eigenvalue weighted by Crippen LogP contribution is 2.25. The lowest BCUT2D eigenvalue weighted by molar-refractivity contribution is 0.0694. The van der Waals surface area contributed by atoms with Crippen LogP contribution in [0.2, 0.25) is 5.02 Å². The number of benzene rings is 2. The van der Waals surface area contributed by atoms with Gasteiger partial charge in [-0.05, 0) is 24.3 Å². The molecular formula is C20H17ClN2O5S. The number of carbonyl (C=O) groups excluding carboxylic acids is 1. The Morgan fingerprint density at radius 1 is 0.966 bits per heavy atom. The topological polar surface area (TPSA) is 87.9 Å². The third kappa shape index (κ3) is 3.66. The smallest absolute Gasteiger partial charge is 0.349 e. The van der Waals surface area contributed by atoms with Crippen LogP contribution < -0.4 is 5.63 Å². The van der Waals surface area contributed by atoms with Gasteiger partial charge in [0.05, 0.1) is 5.02 Å². The van der Waals surface area contributed by atoms with Gasteiger partial charge in [0.25, 0.3) is 5.91 Å². The van der Waals surface area contributed by atoms with Crippen LogP contribution in [0, 0.1) is 0 Å². The third-order valence-electron chi connectivity index (χ3n) is 4.85. The van der Waals surface area contributed by atoms with Crippen LogP contribution in [0.5, 0.6) is 0 Å². The number of hydrogen-bond donors (Lipinski definition) is 0. The molecule has 1 fully saturated rings. The van der Waals surface area contributed by atoms with Crippen molar-refractivity contribution < 1.29 is 17.6 Å². The number of rotatable bonds is 3. The number of amides is 1. The second kappa shape index (κ2) is 7.62. The molecule has 2 heterocycles. The van der Waals surface area contributed by atoms with E-state index in [1.165, 1.54) is 27.4 Å². The molecule has 0 saturated carbocycles. The minimum Gasteiger partial charge on any atom is -0.422 e. The maximum atomic E-state index is 12.8. The molecule has 1 saturated heterocycles. The minimum atomic E-state index is -3.76. The molecule has 150 valence electrons. The zero-order valence-corrected chi connectivity index (χ0v) is 16.8. The van der Waals surface area contributed by atoms with Gasteiger partial charge in [0, 0.05) is 31.6 Å². The Hall–Kier alpha value is -2.68. The summed E-state index contributed by atoms with van der Waals surface area (Å²) in [5.41, 5.74) is -0.365. The molecule has 1 aliphatic rings. The van der Waals surface area contributed by atoms with Gasteiger partial charge in [-0.1, -0.05) is 41.9 Å². The highest BCUT2D eigenvalue weighted by molar-refractivity contribution is 7.89. The van der Waals surface area contributed by atoms with Crippen molar-refractivity contribution in [3.63, 3.8) is 0 Å². The van der Waals surface area contributed by atoms with Crippen LogP contribution in [-0.4, -0.2) is 49.7 Å². The Morgan fingerprint density at radius 2 is 1.62 bits per heavy atom. The van der Waals surface area contributed by atoms with Gasteiger partial charge in [-0.15, -0.1) is 0 Å². The fourth-order valence-electron chi connectivity index (χ4n) is 3.31. The molecule has 1 aromatic heterocycles. The van der Waals surface area contributed by atoms with Gasteiger partial charge in [0.2, 0.25) is 10.0 Å². The molecule has 1 aliphatic heterocycles. The van der Waals surface area contributed by atoms with E-state index in [0.717, 1.165) is 0 Å². The zero-order chi connectivity index (χ0) is 20.6. The molecule has 0 unspecified atom stereocenters. The summed E-state index contributed by atoms with van der Waals surface area (Å²) in [5, 5.41) is 0.801. The summed E-state index contributed by atoms with van der Waals surface area (Å²) in [6.45, 7) is 0.542. The van der Waals surface area contributed by atoms with Crippen LogP contribution in [0.3, 0.4) is 0 Å². The predicted molar refractivity (Wildman–Crippen MR) is 109 cm³/mol. The highest BCUT2D eigenvalue weighted by atomic mass is 35.5. The number of piperazine rings is 1. The summed E-state index contributed by atoms with van der Waals surface area (Å²) in [7, 11) is -3.76. The largest absolute Gasteiger partial charge is 0.422 e. The number of para-hydroxylation sites is 1. The number of nitrogens with zero attached hydrogens (tertiary/aromatic N) is 2. The number of fused-ring (bicyclic) bond motifs is 1. The molecule has 4 rings (SSSR count). The number of halogens is 1. The van der Waals surface area contributed by atoms with Gasteiger partial charge in [-0.2, -0.15) is 4.31 Å². The van der Waals surface area contributed by atoms with Crippen LogP contribution in [0.15, 0.2) is 68.7 Å². The summed E-state index contributed by atoms with van der Waals surface area (Å²) >= 11 is 6.04. The number of carbonyl (C=O) groups is 1. The van der Waals surface area contributed by atoms with E-state index in [1.54, 1.807) is 36.4 Å². The van der Waals surface area contributed by atoms with Crippen LogP contribution in [-0.2, 0) is 10.0 Å². The van der Waals surface area contributed by atoms with Crippen LogP contribution in [0.1, 0.15) is 10.4 Å². The third-order valence-corrected chi connectivity index (χ3v) is 7.25. The molecule has 0 atom stereocenters. The van der Waals surface area contributed by atoms with Gasteiger partial charge in [-0.25, -0.2) is 13.2 Å². The molecule has 0 N–H and O–H groups in total. The lowest BCUT2D eigenvalue weighted by Crippen LogP contribution is -2.51.